The first-order valence-electron chi connectivity index (χ1n) is 7.17. The molecule has 0 aliphatic carbocycles. The van der Waals surface area contributed by atoms with Crippen LogP contribution in [0, 0.1) is 5.82 Å². The monoisotopic (exact) mass is 296 g/mol. The van der Waals surface area contributed by atoms with Gasteiger partial charge in [-0.2, -0.15) is 0 Å². The minimum Gasteiger partial charge on any atom is -0.491 e. The lowest BCUT2D eigenvalue weighted by atomic mass is 10.2. The number of ether oxygens (including phenoxy) is 2. The summed E-state index contributed by atoms with van der Waals surface area (Å²) in [5, 5.41) is 5.15. The summed E-state index contributed by atoms with van der Waals surface area (Å²) >= 11 is 0. The van der Waals surface area contributed by atoms with Crippen molar-refractivity contribution < 1.29 is 18.7 Å². The van der Waals surface area contributed by atoms with Crippen molar-refractivity contribution in [2.24, 2.45) is 0 Å². The number of urea groups is 1. The third-order valence-electron chi connectivity index (χ3n) is 3.07. The maximum atomic E-state index is 13.9. The van der Waals surface area contributed by atoms with Crippen molar-refractivity contribution in [2.75, 3.05) is 18.5 Å². The highest BCUT2D eigenvalue weighted by Gasteiger charge is 2.16. The number of rotatable bonds is 5. The molecular weight excluding hydrogens is 275 g/mol. The lowest BCUT2D eigenvalue weighted by Gasteiger charge is -2.13. The van der Waals surface area contributed by atoms with Gasteiger partial charge in [0.2, 0.25) is 0 Å². The smallest absolute Gasteiger partial charge is 0.319 e. The summed E-state index contributed by atoms with van der Waals surface area (Å²) in [5.41, 5.74) is 0.121. The molecule has 0 radical (unpaired) electrons. The molecule has 6 heteroatoms. The SMILES string of the molecule is CC(C)Oc1ccc(NC(=O)NC[C@@H]2CCCO2)c(F)c1. The van der Waals surface area contributed by atoms with E-state index in [1.54, 1.807) is 6.07 Å². The summed E-state index contributed by atoms with van der Waals surface area (Å²) in [4.78, 5) is 11.7. The Morgan fingerprint density at radius 2 is 2.33 bits per heavy atom. The molecule has 1 aromatic rings. The predicted molar refractivity (Wildman–Crippen MR) is 78.2 cm³/mol. The third kappa shape index (κ3) is 4.90. The lowest BCUT2D eigenvalue weighted by Crippen LogP contribution is -2.35. The molecule has 2 amide bonds. The molecule has 116 valence electrons. The lowest BCUT2D eigenvalue weighted by molar-refractivity contribution is 0.112. The van der Waals surface area contributed by atoms with E-state index in [9.17, 15) is 9.18 Å². The first-order chi connectivity index (χ1) is 10.0. The van der Waals surface area contributed by atoms with Gasteiger partial charge in [0.05, 0.1) is 17.9 Å². The Hall–Kier alpha value is -1.82. The molecule has 0 bridgehead atoms. The standard InChI is InChI=1S/C15H21FN2O3/c1-10(2)21-11-5-6-14(13(16)8-11)18-15(19)17-9-12-4-3-7-20-12/h5-6,8,10,12H,3-4,7,9H2,1-2H3,(H2,17,18,19)/t12-/m0/s1. The quantitative estimate of drug-likeness (QED) is 0.878. The zero-order chi connectivity index (χ0) is 15.2. The second-order valence-corrected chi connectivity index (χ2v) is 5.28. The number of halogens is 1. The van der Waals surface area contributed by atoms with E-state index in [0.717, 1.165) is 19.4 Å². The maximum absolute atomic E-state index is 13.9. The van der Waals surface area contributed by atoms with Crippen LogP contribution in [0.1, 0.15) is 26.7 Å². The second kappa shape index (κ2) is 7.26. The van der Waals surface area contributed by atoms with Gasteiger partial charge in [-0.25, -0.2) is 9.18 Å². The molecule has 21 heavy (non-hydrogen) atoms. The van der Waals surface area contributed by atoms with Crippen LogP contribution < -0.4 is 15.4 Å². The summed E-state index contributed by atoms with van der Waals surface area (Å²) < 4.78 is 24.6. The van der Waals surface area contributed by atoms with Crippen molar-refractivity contribution in [1.29, 1.82) is 0 Å². The number of nitrogens with one attached hydrogen (secondary N) is 2. The highest BCUT2D eigenvalue weighted by molar-refractivity contribution is 5.89. The number of hydrogen-bond donors (Lipinski definition) is 2. The van der Waals surface area contributed by atoms with Crippen LogP contribution in [0.15, 0.2) is 18.2 Å². The van der Waals surface area contributed by atoms with Gasteiger partial charge in [0.1, 0.15) is 11.6 Å². The van der Waals surface area contributed by atoms with E-state index in [2.05, 4.69) is 10.6 Å². The van der Waals surface area contributed by atoms with Crippen molar-refractivity contribution in [3.05, 3.63) is 24.0 Å². The number of benzene rings is 1. The summed E-state index contributed by atoms with van der Waals surface area (Å²) in [6.07, 6.45) is 1.98. The molecule has 1 aromatic carbocycles. The summed E-state index contributed by atoms with van der Waals surface area (Å²) in [5.74, 6) is -0.0896. The minimum absolute atomic E-state index is 0.0297. The molecule has 1 fully saturated rings. The Labute approximate surface area is 123 Å². The molecule has 0 saturated carbocycles. The van der Waals surface area contributed by atoms with Crippen molar-refractivity contribution in [3.63, 3.8) is 0 Å². The average molecular weight is 296 g/mol. The number of amides is 2. The van der Waals surface area contributed by atoms with Crippen LogP contribution in [0.4, 0.5) is 14.9 Å². The fourth-order valence-corrected chi connectivity index (χ4v) is 2.12. The van der Waals surface area contributed by atoms with E-state index in [1.807, 2.05) is 13.8 Å². The summed E-state index contributed by atoms with van der Waals surface area (Å²) in [6.45, 7) is 4.90. The fourth-order valence-electron chi connectivity index (χ4n) is 2.12. The van der Waals surface area contributed by atoms with Gasteiger partial charge in [0.25, 0.3) is 0 Å². The molecule has 1 atom stereocenters. The van der Waals surface area contributed by atoms with E-state index >= 15 is 0 Å². The van der Waals surface area contributed by atoms with Gasteiger partial charge in [0.15, 0.2) is 0 Å². The minimum atomic E-state index is -0.527. The van der Waals surface area contributed by atoms with Crippen LogP contribution in [0.25, 0.3) is 0 Å². The van der Waals surface area contributed by atoms with Gasteiger partial charge < -0.3 is 20.1 Å². The van der Waals surface area contributed by atoms with Crippen molar-refractivity contribution >= 4 is 11.7 Å². The van der Waals surface area contributed by atoms with Crippen molar-refractivity contribution in [1.82, 2.24) is 5.32 Å². The Kier molecular flexibility index (Phi) is 5.38. The third-order valence-corrected chi connectivity index (χ3v) is 3.07. The first kappa shape index (κ1) is 15.6. The van der Waals surface area contributed by atoms with Gasteiger partial charge in [-0.3, -0.25) is 0 Å². The Morgan fingerprint density at radius 3 is 2.95 bits per heavy atom. The maximum Gasteiger partial charge on any atom is 0.319 e. The molecule has 5 nitrogen and oxygen atoms in total. The molecule has 0 aromatic heterocycles. The largest absolute Gasteiger partial charge is 0.491 e. The predicted octanol–water partition coefficient (Wildman–Crippen LogP) is 2.91. The first-order valence-corrected chi connectivity index (χ1v) is 7.17. The molecule has 1 aliphatic heterocycles. The van der Waals surface area contributed by atoms with Gasteiger partial charge in [-0.1, -0.05) is 0 Å². The van der Waals surface area contributed by atoms with Gasteiger partial charge in [0, 0.05) is 19.2 Å². The summed E-state index contributed by atoms with van der Waals surface area (Å²) in [7, 11) is 0. The van der Waals surface area contributed by atoms with E-state index in [1.165, 1.54) is 12.1 Å². The number of carbonyl (C=O) groups excluding carboxylic acids is 1. The van der Waals surface area contributed by atoms with Gasteiger partial charge in [-0.05, 0) is 38.8 Å². The normalized spacial score (nSPS) is 17.8. The Balaban J connectivity index is 1.85. The van der Waals surface area contributed by atoms with Crippen LogP contribution in [0.5, 0.6) is 5.75 Å². The Bertz CT molecular complexity index is 488. The van der Waals surface area contributed by atoms with E-state index in [4.69, 9.17) is 9.47 Å². The summed E-state index contributed by atoms with van der Waals surface area (Å²) in [6, 6.07) is 3.93. The highest BCUT2D eigenvalue weighted by atomic mass is 19.1. The Morgan fingerprint density at radius 1 is 1.52 bits per heavy atom. The highest BCUT2D eigenvalue weighted by Crippen LogP contribution is 2.21. The van der Waals surface area contributed by atoms with E-state index in [-0.39, 0.29) is 17.9 Å². The van der Waals surface area contributed by atoms with E-state index < -0.39 is 11.8 Å². The van der Waals surface area contributed by atoms with Crippen molar-refractivity contribution in [2.45, 2.75) is 38.9 Å². The van der Waals surface area contributed by atoms with Crippen LogP contribution in [0.3, 0.4) is 0 Å². The molecule has 2 rings (SSSR count). The van der Waals surface area contributed by atoms with Gasteiger partial charge >= 0.3 is 6.03 Å². The topological polar surface area (TPSA) is 59.6 Å². The van der Waals surface area contributed by atoms with Crippen LogP contribution in [-0.2, 0) is 4.74 Å². The van der Waals surface area contributed by atoms with E-state index in [0.29, 0.717) is 12.3 Å². The van der Waals surface area contributed by atoms with Crippen LogP contribution >= 0.6 is 0 Å². The zero-order valence-corrected chi connectivity index (χ0v) is 12.3. The zero-order valence-electron chi connectivity index (χ0n) is 12.3. The number of carbonyl (C=O) groups is 1. The molecule has 0 spiro atoms. The molecule has 1 heterocycles. The van der Waals surface area contributed by atoms with Crippen LogP contribution in [0.2, 0.25) is 0 Å². The van der Waals surface area contributed by atoms with Gasteiger partial charge in [-0.15, -0.1) is 0 Å². The van der Waals surface area contributed by atoms with Crippen molar-refractivity contribution in [3.8, 4) is 5.75 Å². The molecular formula is C15H21FN2O3. The fraction of sp³-hybridized carbons (Fsp3) is 0.533. The van der Waals surface area contributed by atoms with Crippen LogP contribution in [-0.4, -0.2) is 31.4 Å². The molecule has 2 N–H and O–H groups in total. The average Bonchev–Trinajstić information content (AvgIpc) is 2.92. The molecule has 0 unspecified atom stereocenters. The number of hydrogen-bond acceptors (Lipinski definition) is 3. The molecule has 1 saturated heterocycles. The second-order valence-electron chi connectivity index (χ2n) is 5.28. The molecule has 1 aliphatic rings. The number of anilines is 1.